The topological polar surface area (TPSA) is 49.3 Å². The van der Waals surface area contributed by atoms with Gasteiger partial charge in [0.15, 0.2) is 0 Å². The first-order valence-corrected chi connectivity index (χ1v) is 6.21. The van der Waals surface area contributed by atoms with Crippen molar-refractivity contribution in [3.05, 3.63) is 30.3 Å². The molecule has 0 fully saturated rings. The SMILES string of the molecule is CCCCC(C=O)CC(O)Nc1ccccc1. The van der Waals surface area contributed by atoms with Crippen LogP contribution < -0.4 is 5.32 Å². The van der Waals surface area contributed by atoms with E-state index in [9.17, 15) is 9.90 Å². The lowest BCUT2D eigenvalue weighted by Gasteiger charge is -2.17. The van der Waals surface area contributed by atoms with Crippen LogP contribution in [0.2, 0.25) is 0 Å². The summed E-state index contributed by atoms with van der Waals surface area (Å²) in [6, 6.07) is 9.52. The van der Waals surface area contributed by atoms with Gasteiger partial charge in [0.2, 0.25) is 0 Å². The molecule has 0 amide bonds. The highest BCUT2D eigenvalue weighted by atomic mass is 16.3. The zero-order chi connectivity index (χ0) is 12.5. The van der Waals surface area contributed by atoms with Gasteiger partial charge in [-0.05, 0) is 18.6 Å². The molecule has 0 bridgehead atoms. The maximum atomic E-state index is 10.9. The number of carbonyl (C=O) groups excluding carboxylic acids is 1. The molecule has 0 radical (unpaired) electrons. The normalized spacial score (nSPS) is 14.0. The summed E-state index contributed by atoms with van der Waals surface area (Å²) in [6.07, 6.45) is 3.72. The molecule has 0 aliphatic rings. The summed E-state index contributed by atoms with van der Waals surface area (Å²) in [5.74, 6) is -0.0545. The first-order valence-electron chi connectivity index (χ1n) is 6.21. The van der Waals surface area contributed by atoms with Crippen LogP contribution in [-0.4, -0.2) is 17.6 Å². The summed E-state index contributed by atoms with van der Waals surface area (Å²) in [5, 5.41) is 12.8. The van der Waals surface area contributed by atoms with Gasteiger partial charge >= 0.3 is 0 Å². The smallest absolute Gasteiger partial charge is 0.125 e. The van der Waals surface area contributed by atoms with Gasteiger partial charge in [-0.25, -0.2) is 0 Å². The number of para-hydroxylation sites is 1. The molecule has 0 heterocycles. The lowest BCUT2D eigenvalue weighted by Crippen LogP contribution is -2.23. The lowest BCUT2D eigenvalue weighted by atomic mass is 9.99. The van der Waals surface area contributed by atoms with Crippen molar-refractivity contribution in [1.29, 1.82) is 0 Å². The molecule has 1 aromatic rings. The van der Waals surface area contributed by atoms with E-state index in [1.807, 2.05) is 30.3 Å². The second-order valence-electron chi connectivity index (χ2n) is 4.30. The number of aliphatic hydroxyl groups is 1. The molecule has 17 heavy (non-hydrogen) atoms. The van der Waals surface area contributed by atoms with Crippen LogP contribution >= 0.6 is 0 Å². The summed E-state index contributed by atoms with van der Waals surface area (Å²) in [5.41, 5.74) is 0.875. The number of anilines is 1. The van der Waals surface area contributed by atoms with Crippen molar-refractivity contribution in [2.24, 2.45) is 5.92 Å². The van der Waals surface area contributed by atoms with E-state index in [0.29, 0.717) is 6.42 Å². The molecule has 0 spiro atoms. The minimum absolute atomic E-state index is 0.0545. The second kappa shape index (κ2) is 7.85. The molecule has 0 aliphatic heterocycles. The first-order chi connectivity index (χ1) is 8.26. The van der Waals surface area contributed by atoms with Crippen LogP contribution in [0.15, 0.2) is 30.3 Å². The summed E-state index contributed by atoms with van der Waals surface area (Å²) in [4.78, 5) is 10.9. The Morgan fingerprint density at radius 1 is 1.35 bits per heavy atom. The van der Waals surface area contributed by atoms with Crippen molar-refractivity contribution < 1.29 is 9.90 Å². The van der Waals surface area contributed by atoms with E-state index in [2.05, 4.69) is 12.2 Å². The van der Waals surface area contributed by atoms with E-state index >= 15 is 0 Å². The van der Waals surface area contributed by atoms with Crippen LogP contribution in [0.4, 0.5) is 5.69 Å². The minimum Gasteiger partial charge on any atom is -0.374 e. The van der Waals surface area contributed by atoms with E-state index in [-0.39, 0.29) is 5.92 Å². The van der Waals surface area contributed by atoms with E-state index in [4.69, 9.17) is 0 Å². The molecule has 0 aliphatic carbocycles. The predicted octanol–water partition coefficient (Wildman–Crippen LogP) is 2.81. The van der Waals surface area contributed by atoms with Gasteiger partial charge in [0.1, 0.15) is 12.5 Å². The number of aldehydes is 1. The number of carbonyl (C=O) groups is 1. The van der Waals surface area contributed by atoms with E-state index in [1.54, 1.807) is 0 Å². The Hall–Kier alpha value is -1.35. The zero-order valence-electron chi connectivity index (χ0n) is 10.3. The fourth-order valence-electron chi connectivity index (χ4n) is 1.78. The van der Waals surface area contributed by atoms with Crippen molar-refractivity contribution in [2.45, 2.75) is 38.8 Å². The van der Waals surface area contributed by atoms with E-state index in [0.717, 1.165) is 31.2 Å². The number of unbranched alkanes of at least 4 members (excludes halogenated alkanes) is 1. The van der Waals surface area contributed by atoms with Crippen LogP contribution in [-0.2, 0) is 4.79 Å². The van der Waals surface area contributed by atoms with Gasteiger partial charge in [0, 0.05) is 18.0 Å². The molecule has 0 saturated heterocycles. The highest BCUT2D eigenvalue weighted by Crippen LogP contribution is 2.15. The van der Waals surface area contributed by atoms with Gasteiger partial charge in [0.25, 0.3) is 0 Å². The zero-order valence-corrected chi connectivity index (χ0v) is 10.3. The van der Waals surface area contributed by atoms with Crippen molar-refractivity contribution in [2.75, 3.05) is 5.32 Å². The molecule has 1 rings (SSSR count). The third-order valence-corrected chi connectivity index (χ3v) is 2.75. The molecule has 2 unspecified atom stereocenters. The molecule has 2 N–H and O–H groups in total. The van der Waals surface area contributed by atoms with Crippen molar-refractivity contribution >= 4 is 12.0 Å². The molecule has 0 saturated carbocycles. The van der Waals surface area contributed by atoms with Crippen LogP contribution in [0.3, 0.4) is 0 Å². The quantitative estimate of drug-likeness (QED) is 0.538. The van der Waals surface area contributed by atoms with Gasteiger partial charge in [-0.15, -0.1) is 0 Å². The Balaban J connectivity index is 2.37. The molecule has 1 aromatic carbocycles. The maximum absolute atomic E-state index is 10.9. The Kier molecular flexibility index (Phi) is 6.33. The average molecular weight is 235 g/mol. The largest absolute Gasteiger partial charge is 0.374 e. The van der Waals surface area contributed by atoms with Crippen molar-refractivity contribution in [3.63, 3.8) is 0 Å². The van der Waals surface area contributed by atoms with E-state index < -0.39 is 6.23 Å². The Morgan fingerprint density at radius 2 is 2.06 bits per heavy atom. The molecule has 3 heteroatoms. The summed E-state index contributed by atoms with van der Waals surface area (Å²) in [6.45, 7) is 2.10. The Bertz CT molecular complexity index is 313. The van der Waals surface area contributed by atoms with Crippen LogP contribution in [0.1, 0.15) is 32.6 Å². The van der Waals surface area contributed by atoms with Crippen molar-refractivity contribution in [3.8, 4) is 0 Å². The third-order valence-electron chi connectivity index (χ3n) is 2.75. The van der Waals surface area contributed by atoms with Crippen LogP contribution in [0.5, 0.6) is 0 Å². The summed E-state index contributed by atoms with van der Waals surface area (Å²) in [7, 11) is 0. The van der Waals surface area contributed by atoms with Gasteiger partial charge in [-0.3, -0.25) is 0 Å². The second-order valence-corrected chi connectivity index (χ2v) is 4.30. The number of rotatable bonds is 8. The first kappa shape index (κ1) is 13.7. The number of benzene rings is 1. The molecule has 94 valence electrons. The number of hydrogen-bond acceptors (Lipinski definition) is 3. The average Bonchev–Trinajstić information content (AvgIpc) is 2.35. The van der Waals surface area contributed by atoms with Gasteiger partial charge in [0.05, 0.1) is 0 Å². The van der Waals surface area contributed by atoms with E-state index in [1.165, 1.54) is 0 Å². The fraction of sp³-hybridized carbons (Fsp3) is 0.500. The predicted molar refractivity (Wildman–Crippen MR) is 69.8 cm³/mol. The number of aliphatic hydroxyl groups excluding tert-OH is 1. The molecule has 0 aromatic heterocycles. The molecule has 2 atom stereocenters. The number of hydrogen-bond donors (Lipinski definition) is 2. The Morgan fingerprint density at radius 3 is 2.65 bits per heavy atom. The standard InChI is InChI=1S/C14H21NO2/c1-2-3-7-12(11-16)10-14(17)15-13-8-5-4-6-9-13/h4-6,8-9,11-12,14-15,17H,2-3,7,10H2,1H3. The monoisotopic (exact) mass is 235 g/mol. The van der Waals surface area contributed by atoms with Gasteiger partial charge in [-0.2, -0.15) is 0 Å². The van der Waals surface area contributed by atoms with Gasteiger partial charge in [-0.1, -0.05) is 38.0 Å². The lowest BCUT2D eigenvalue weighted by molar-refractivity contribution is -0.112. The maximum Gasteiger partial charge on any atom is 0.125 e. The van der Waals surface area contributed by atoms with Gasteiger partial charge < -0.3 is 15.2 Å². The molecular weight excluding hydrogens is 214 g/mol. The Labute approximate surface area is 103 Å². The highest BCUT2D eigenvalue weighted by molar-refractivity contribution is 5.53. The third kappa shape index (κ3) is 5.50. The highest BCUT2D eigenvalue weighted by Gasteiger charge is 2.13. The summed E-state index contributed by atoms with van der Waals surface area (Å²) < 4.78 is 0. The van der Waals surface area contributed by atoms with Crippen molar-refractivity contribution in [1.82, 2.24) is 0 Å². The summed E-state index contributed by atoms with van der Waals surface area (Å²) >= 11 is 0. The number of nitrogens with one attached hydrogen (secondary N) is 1. The fourth-order valence-corrected chi connectivity index (χ4v) is 1.78. The molecular formula is C14H21NO2. The minimum atomic E-state index is -0.663. The molecule has 3 nitrogen and oxygen atoms in total. The van der Waals surface area contributed by atoms with Crippen LogP contribution in [0, 0.1) is 5.92 Å². The van der Waals surface area contributed by atoms with Crippen LogP contribution in [0.25, 0.3) is 0 Å².